The van der Waals surface area contributed by atoms with E-state index >= 15 is 0 Å². The second-order valence-electron chi connectivity index (χ2n) is 10.4. The Morgan fingerprint density at radius 2 is 1.47 bits per heavy atom. The Bertz CT molecular complexity index is 1500. The van der Waals surface area contributed by atoms with Gasteiger partial charge in [0.05, 0.1) is 18.5 Å². The number of carbonyl (C=O) groups excluding carboxylic acids is 3. The monoisotopic (exact) mass is 510 g/mol. The van der Waals surface area contributed by atoms with Crippen molar-refractivity contribution in [2.75, 3.05) is 7.11 Å². The standard InChI is InChI=1S/C31H30N2O5/c1-31(2,3)38-30(36)33-18-19(20-11-9-10-16-26(20)33)17-25(29(35)37-4)32-28(34)27-23-14-7-5-12-21(23)22-13-6-8-15-24(22)27/h5-16,18,25,27H,17H2,1-4H3,(H,32,34)/t25-/m0/s1. The first-order valence-electron chi connectivity index (χ1n) is 12.6. The van der Waals surface area contributed by atoms with Crippen LogP contribution in [-0.4, -0.2) is 41.3 Å². The number of nitrogens with zero attached hydrogens (tertiary/aromatic N) is 1. The van der Waals surface area contributed by atoms with Crippen LogP contribution in [0.15, 0.2) is 79.0 Å². The average molecular weight is 511 g/mol. The summed E-state index contributed by atoms with van der Waals surface area (Å²) in [4.78, 5) is 39.5. The van der Waals surface area contributed by atoms with Crippen molar-refractivity contribution >= 4 is 28.9 Å². The summed E-state index contributed by atoms with van der Waals surface area (Å²) in [5, 5.41) is 3.73. The number of amides is 1. The highest BCUT2D eigenvalue weighted by Crippen LogP contribution is 2.44. The van der Waals surface area contributed by atoms with E-state index in [9.17, 15) is 14.4 Å². The van der Waals surface area contributed by atoms with Gasteiger partial charge in [0.2, 0.25) is 5.91 Å². The van der Waals surface area contributed by atoms with Crippen LogP contribution in [-0.2, 0) is 25.5 Å². The van der Waals surface area contributed by atoms with Crippen LogP contribution in [0.4, 0.5) is 4.79 Å². The molecule has 7 heteroatoms. The third kappa shape index (κ3) is 4.67. The van der Waals surface area contributed by atoms with Crippen LogP contribution < -0.4 is 5.32 Å². The maximum absolute atomic E-state index is 13.7. The summed E-state index contributed by atoms with van der Waals surface area (Å²) in [6.07, 6.45) is 1.30. The number of carbonyl (C=O) groups is 3. The van der Waals surface area contributed by atoms with Crippen molar-refractivity contribution in [3.63, 3.8) is 0 Å². The minimum Gasteiger partial charge on any atom is -0.467 e. The molecule has 0 saturated carbocycles. The topological polar surface area (TPSA) is 86.6 Å². The fourth-order valence-corrected chi connectivity index (χ4v) is 5.12. The van der Waals surface area contributed by atoms with Gasteiger partial charge in [-0.25, -0.2) is 9.59 Å². The first-order chi connectivity index (χ1) is 18.2. The summed E-state index contributed by atoms with van der Waals surface area (Å²) in [6, 6.07) is 22.1. The lowest BCUT2D eigenvalue weighted by Crippen LogP contribution is -2.45. The molecule has 1 aromatic heterocycles. The highest BCUT2D eigenvalue weighted by Gasteiger charge is 2.36. The molecule has 0 bridgehead atoms. The van der Waals surface area contributed by atoms with Gasteiger partial charge >= 0.3 is 12.1 Å². The number of aromatic nitrogens is 1. The SMILES string of the molecule is COC(=O)[C@H](Cc1cn(C(=O)OC(C)(C)C)c2ccccc12)NC(=O)C1c2ccccc2-c2ccccc21. The van der Waals surface area contributed by atoms with Crippen LogP contribution in [0.1, 0.15) is 43.4 Å². The summed E-state index contributed by atoms with van der Waals surface area (Å²) in [6.45, 7) is 5.42. The van der Waals surface area contributed by atoms with E-state index in [0.29, 0.717) is 5.52 Å². The lowest BCUT2D eigenvalue weighted by molar-refractivity contribution is -0.145. The molecular formula is C31H30N2O5. The Morgan fingerprint density at radius 3 is 2.08 bits per heavy atom. The lowest BCUT2D eigenvalue weighted by Gasteiger charge is -2.20. The number of ether oxygens (including phenoxy) is 2. The van der Waals surface area contributed by atoms with Gasteiger partial charge in [-0.1, -0.05) is 66.7 Å². The third-order valence-electron chi connectivity index (χ3n) is 6.71. The first-order valence-corrected chi connectivity index (χ1v) is 12.6. The molecule has 0 radical (unpaired) electrons. The molecule has 1 amide bonds. The summed E-state index contributed by atoms with van der Waals surface area (Å²) in [5.41, 5.74) is 4.53. The van der Waals surface area contributed by atoms with Crippen molar-refractivity contribution in [2.45, 2.75) is 44.8 Å². The van der Waals surface area contributed by atoms with E-state index in [1.807, 2.05) is 72.8 Å². The van der Waals surface area contributed by atoms with Crippen LogP contribution in [0, 0.1) is 0 Å². The molecule has 0 spiro atoms. The van der Waals surface area contributed by atoms with Crippen LogP contribution in [0.25, 0.3) is 22.0 Å². The molecule has 1 aliphatic rings. The Balaban J connectivity index is 1.47. The number of hydrogen-bond acceptors (Lipinski definition) is 5. The Labute approximate surface area is 221 Å². The van der Waals surface area contributed by atoms with E-state index in [0.717, 1.165) is 33.2 Å². The number of hydrogen-bond donors (Lipinski definition) is 1. The second-order valence-corrected chi connectivity index (χ2v) is 10.4. The van der Waals surface area contributed by atoms with Crippen molar-refractivity contribution in [1.82, 2.24) is 9.88 Å². The summed E-state index contributed by atoms with van der Waals surface area (Å²) in [7, 11) is 1.30. The van der Waals surface area contributed by atoms with E-state index in [2.05, 4.69) is 5.32 Å². The number of methoxy groups -OCH3 is 1. The molecule has 1 atom stereocenters. The molecule has 0 aliphatic heterocycles. The molecule has 5 rings (SSSR count). The Hall–Kier alpha value is -4.39. The molecule has 194 valence electrons. The van der Waals surface area contributed by atoms with Crippen molar-refractivity contribution in [2.24, 2.45) is 0 Å². The maximum atomic E-state index is 13.7. The van der Waals surface area contributed by atoms with Crippen LogP contribution in [0.3, 0.4) is 0 Å². The van der Waals surface area contributed by atoms with E-state index in [-0.39, 0.29) is 12.3 Å². The van der Waals surface area contributed by atoms with Gasteiger partial charge in [-0.15, -0.1) is 0 Å². The van der Waals surface area contributed by atoms with Gasteiger partial charge in [0.25, 0.3) is 0 Å². The number of fused-ring (bicyclic) bond motifs is 4. The first kappa shape index (κ1) is 25.3. The molecule has 1 aliphatic carbocycles. The molecule has 38 heavy (non-hydrogen) atoms. The van der Waals surface area contributed by atoms with Gasteiger partial charge in [0, 0.05) is 18.0 Å². The van der Waals surface area contributed by atoms with Gasteiger partial charge in [-0.3, -0.25) is 9.36 Å². The van der Waals surface area contributed by atoms with Crippen molar-refractivity contribution in [1.29, 1.82) is 0 Å². The summed E-state index contributed by atoms with van der Waals surface area (Å²) in [5.74, 6) is -1.39. The van der Waals surface area contributed by atoms with E-state index in [1.165, 1.54) is 11.7 Å². The van der Waals surface area contributed by atoms with E-state index in [1.54, 1.807) is 27.0 Å². The van der Waals surface area contributed by atoms with Crippen molar-refractivity contribution in [3.05, 3.63) is 95.7 Å². The molecule has 0 fully saturated rings. The number of para-hydroxylation sites is 1. The van der Waals surface area contributed by atoms with Gasteiger partial charge in [0.1, 0.15) is 11.6 Å². The summed E-state index contributed by atoms with van der Waals surface area (Å²) < 4.78 is 12.1. The zero-order valence-electron chi connectivity index (χ0n) is 21.9. The fourth-order valence-electron chi connectivity index (χ4n) is 5.12. The van der Waals surface area contributed by atoms with Crippen LogP contribution in [0.2, 0.25) is 0 Å². The van der Waals surface area contributed by atoms with Gasteiger partial charge in [-0.2, -0.15) is 0 Å². The molecule has 0 unspecified atom stereocenters. The molecule has 4 aromatic rings. The molecule has 0 saturated heterocycles. The van der Waals surface area contributed by atoms with Crippen molar-refractivity contribution < 1.29 is 23.9 Å². The lowest BCUT2D eigenvalue weighted by atomic mass is 9.95. The quantitative estimate of drug-likeness (QED) is 0.362. The fraction of sp³-hybridized carbons (Fsp3) is 0.258. The highest BCUT2D eigenvalue weighted by molar-refractivity contribution is 5.98. The number of benzene rings is 3. The zero-order valence-corrected chi connectivity index (χ0v) is 21.9. The van der Waals surface area contributed by atoms with Gasteiger partial charge in [0.15, 0.2) is 0 Å². The highest BCUT2D eigenvalue weighted by atomic mass is 16.6. The smallest absolute Gasteiger partial charge is 0.419 e. The normalized spacial score (nSPS) is 13.5. The Morgan fingerprint density at radius 1 is 0.895 bits per heavy atom. The Kier molecular flexibility index (Phi) is 6.53. The number of rotatable bonds is 5. The minimum atomic E-state index is -0.953. The van der Waals surface area contributed by atoms with Crippen molar-refractivity contribution in [3.8, 4) is 11.1 Å². The number of nitrogens with one attached hydrogen (secondary N) is 1. The maximum Gasteiger partial charge on any atom is 0.419 e. The van der Waals surface area contributed by atoms with E-state index < -0.39 is 29.6 Å². The van der Waals surface area contributed by atoms with Gasteiger partial charge < -0.3 is 14.8 Å². The minimum absolute atomic E-state index is 0.144. The number of esters is 1. The predicted molar refractivity (Wildman–Crippen MR) is 145 cm³/mol. The molecular weight excluding hydrogens is 480 g/mol. The van der Waals surface area contributed by atoms with E-state index in [4.69, 9.17) is 9.47 Å². The van der Waals surface area contributed by atoms with Crippen LogP contribution >= 0.6 is 0 Å². The third-order valence-corrected chi connectivity index (χ3v) is 6.71. The summed E-state index contributed by atoms with van der Waals surface area (Å²) >= 11 is 0. The largest absolute Gasteiger partial charge is 0.467 e. The molecule has 7 nitrogen and oxygen atoms in total. The zero-order chi connectivity index (χ0) is 27.0. The van der Waals surface area contributed by atoms with Crippen LogP contribution in [0.5, 0.6) is 0 Å². The second kappa shape index (κ2) is 9.82. The molecule has 1 N–H and O–H groups in total. The molecule has 1 heterocycles. The average Bonchev–Trinajstić information content (AvgIpc) is 3.43. The van der Waals surface area contributed by atoms with Gasteiger partial charge in [-0.05, 0) is 54.7 Å². The predicted octanol–water partition coefficient (Wildman–Crippen LogP) is 5.44. The molecule has 3 aromatic carbocycles.